The van der Waals surface area contributed by atoms with E-state index in [2.05, 4.69) is 65.7 Å². The van der Waals surface area contributed by atoms with Crippen molar-refractivity contribution in [1.82, 2.24) is 4.90 Å². The summed E-state index contributed by atoms with van der Waals surface area (Å²) < 4.78 is 1.20. The van der Waals surface area contributed by atoms with Crippen LogP contribution in [-0.2, 0) is 0 Å². The van der Waals surface area contributed by atoms with Crippen molar-refractivity contribution in [3.63, 3.8) is 0 Å². The minimum Gasteiger partial charge on any atom is -0.369 e. The fourth-order valence-corrected chi connectivity index (χ4v) is 3.25. The fraction of sp³-hybridized carbons (Fsp3) is 0.600. The monoisotopic (exact) mass is 310 g/mol. The molecular formula is C15H23BrN2. The Labute approximate surface area is 119 Å². The lowest BCUT2D eigenvalue weighted by molar-refractivity contribution is 0.312. The summed E-state index contributed by atoms with van der Waals surface area (Å²) in [6.45, 7) is 11.4. The minimum absolute atomic E-state index is 0.566. The standard InChI is InChI=1S/C15H23BrN2/c1-11(2)14-10-13(16)9-12(3)15(14)18-7-5-17(4)6-8-18/h9-11H,5-8H2,1-4H3. The summed E-state index contributed by atoms with van der Waals surface area (Å²) in [5.41, 5.74) is 4.31. The molecule has 2 rings (SSSR count). The van der Waals surface area contributed by atoms with Gasteiger partial charge < -0.3 is 9.80 Å². The van der Waals surface area contributed by atoms with Crippen LogP contribution in [0.5, 0.6) is 0 Å². The highest BCUT2D eigenvalue weighted by Gasteiger charge is 2.20. The van der Waals surface area contributed by atoms with Crippen LogP contribution in [0.1, 0.15) is 30.9 Å². The van der Waals surface area contributed by atoms with Gasteiger partial charge in [0.05, 0.1) is 0 Å². The Bertz CT molecular complexity index is 421. The first kappa shape index (κ1) is 13.9. The Kier molecular flexibility index (Phi) is 4.33. The summed E-state index contributed by atoms with van der Waals surface area (Å²) in [5, 5.41) is 0. The van der Waals surface area contributed by atoms with Crippen LogP contribution in [0.4, 0.5) is 5.69 Å². The fourth-order valence-electron chi connectivity index (χ4n) is 2.66. The molecule has 1 aliphatic rings. The average Bonchev–Trinajstić information content (AvgIpc) is 2.29. The van der Waals surface area contributed by atoms with Crippen LogP contribution in [0.3, 0.4) is 0 Å². The molecule has 1 fully saturated rings. The quantitative estimate of drug-likeness (QED) is 0.823. The van der Waals surface area contributed by atoms with Crippen molar-refractivity contribution in [2.45, 2.75) is 26.7 Å². The van der Waals surface area contributed by atoms with E-state index in [9.17, 15) is 0 Å². The maximum atomic E-state index is 3.62. The largest absolute Gasteiger partial charge is 0.369 e. The zero-order chi connectivity index (χ0) is 13.3. The normalized spacial score (nSPS) is 17.6. The third kappa shape index (κ3) is 2.89. The van der Waals surface area contributed by atoms with Gasteiger partial charge in [-0.2, -0.15) is 0 Å². The third-order valence-electron chi connectivity index (χ3n) is 3.74. The molecule has 0 radical (unpaired) electrons. The number of likely N-dealkylation sites (N-methyl/N-ethyl adjacent to an activating group) is 1. The van der Waals surface area contributed by atoms with Crippen molar-refractivity contribution in [2.75, 3.05) is 38.1 Å². The number of halogens is 1. The van der Waals surface area contributed by atoms with Gasteiger partial charge in [0, 0.05) is 36.3 Å². The number of benzene rings is 1. The second-order valence-corrected chi connectivity index (χ2v) is 6.52. The number of nitrogens with zero attached hydrogens (tertiary/aromatic N) is 2. The van der Waals surface area contributed by atoms with Gasteiger partial charge in [-0.25, -0.2) is 0 Å². The molecule has 100 valence electrons. The Morgan fingerprint density at radius 2 is 1.72 bits per heavy atom. The summed E-state index contributed by atoms with van der Waals surface area (Å²) in [6.07, 6.45) is 0. The molecule has 0 aliphatic carbocycles. The Balaban J connectivity index is 2.36. The number of hydrogen-bond acceptors (Lipinski definition) is 2. The van der Waals surface area contributed by atoms with E-state index >= 15 is 0 Å². The smallest absolute Gasteiger partial charge is 0.0432 e. The predicted octanol–water partition coefficient (Wildman–Crippen LogP) is 3.63. The minimum atomic E-state index is 0.566. The SMILES string of the molecule is Cc1cc(Br)cc(C(C)C)c1N1CCN(C)CC1. The second-order valence-electron chi connectivity index (χ2n) is 5.61. The molecule has 1 heterocycles. The summed E-state index contributed by atoms with van der Waals surface area (Å²) in [6, 6.07) is 4.52. The summed E-state index contributed by atoms with van der Waals surface area (Å²) in [7, 11) is 2.20. The lowest BCUT2D eigenvalue weighted by atomic mass is 9.97. The highest BCUT2D eigenvalue weighted by molar-refractivity contribution is 9.10. The number of piperazine rings is 1. The van der Waals surface area contributed by atoms with Crippen molar-refractivity contribution < 1.29 is 0 Å². The van der Waals surface area contributed by atoms with E-state index in [4.69, 9.17) is 0 Å². The van der Waals surface area contributed by atoms with Crippen molar-refractivity contribution in [3.8, 4) is 0 Å². The Hall–Kier alpha value is -0.540. The number of hydrogen-bond donors (Lipinski definition) is 0. The zero-order valence-corrected chi connectivity index (χ0v) is 13.4. The molecule has 1 saturated heterocycles. The van der Waals surface area contributed by atoms with Crippen LogP contribution in [0.15, 0.2) is 16.6 Å². The first-order valence-electron chi connectivity index (χ1n) is 6.72. The van der Waals surface area contributed by atoms with Gasteiger partial charge in [0.15, 0.2) is 0 Å². The molecule has 0 atom stereocenters. The lowest BCUT2D eigenvalue weighted by Gasteiger charge is -2.36. The van der Waals surface area contributed by atoms with Gasteiger partial charge in [-0.1, -0.05) is 29.8 Å². The molecule has 0 unspecified atom stereocenters. The predicted molar refractivity (Wildman–Crippen MR) is 82.7 cm³/mol. The maximum absolute atomic E-state index is 3.62. The van der Waals surface area contributed by atoms with Gasteiger partial charge in [-0.3, -0.25) is 0 Å². The van der Waals surface area contributed by atoms with Crippen molar-refractivity contribution in [2.24, 2.45) is 0 Å². The highest BCUT2D eigenvalue weighted by atomic mass is 79.9. The van der Waals surface area contributed by atoms with Crippen molar-refractivity contribution in [3.05, 3.63) is 27.7 Å². The van der Waals surface area contributed by atoms with Gasteiger partial charge in [0.25, 0.3) is 0 Å². The van der Waals surface area contributed by atoms with Gasteiger partial charge >= 0.3 is 0 Å². The van der Waals surface area contributed by atoms with E-state index in [-0.39, 0.29) is 0 Å². The third-order valence-corrected chi connectivity index (χ3v) is 4.19. The van der Waals surface area contributed by atoms with Gasteiger partial charge in [0.2, 0.25) is 0 Å². The molecule has 18 heavy (non-hydrogen) atoms. The van der Waals surface area contributed by atoms with E-state index in [1.54, 1.807) is 0 Å². The van der Waals surface area contributed by atoms with Crippen LogP contribution in [0.2, 0.25) is 0 Å². The van der Waals surface area contributed by atoms with Crippen LogP contribution >= 0.6 is 15.9 Å². The molecule has 3 heteroatoms. The molecule has 0 N–H and O–H groups in total. The lowest BCUT2D eigenvalue weighted by Crippen LogP contribution is -2.45. The van der Waals surface area contributed by atoms with E-state index in [1.165, 1.54) is 21.3 Å². The van der Waals surface area contributed by atoms with Crippen LogP contribution in [-0.4, -0.2) is 38.1 Å². The van der Waals surface area contributed by atoms with Gasteiger partial charge in [-0.15, -0.1) is 0 Å². The number of anilines is 1. The molecule has 0 bridgehead atoms. The summed E-state index contributed by atoms with van der Waals surface area (Å²) >= 11 is 3.62. The molecule has 1 aromatic rings. The summed E-state index contributed by atoms with van der Waals surface area (Å²) in [4.78, 5) is 4.96. The van der Waals surface area contributed by atoms with Gasteiger partial charge in [-0.05, 0) is 43.1 Å². The molecule has 1 aromatic carbocycles. The Morgan fingerprint density at radius 3 is 2.28 bits per heavy atom. The maximum Gasteiger partial charge on any atom is 0.0432 e. The first-order valence-corrected chi connectivity index (χ1v) is 7.52. The number of aryl methyl sites for hydroxylation is 1. The molecule has 1 aliphatic heterocycles. The molecule has 2 nitrogen and oxygen atoms in total. The van der Waals surface area contributed by atoms with Gasteiger partial charge in [0.1, 0.15) is 0 Å². The second kappa shape index (κ2) is 5.62. The molecule has 0 spiro atoms. The first-order chi connectivity index (χ1) is 8.49. The summed E-state index contributed by atoms with van der Waals surface area (Å²) in [5.74, 6) is 0.566. The van der Waals surface area contributed by atoms with Crippen LogP contribution < -0.4 is 4.90 Å². The van der Waals surface area contributed by atoms with Crippen molar-refractivity contribution >= 4 is 21.6 Å². The molecular weight excluding hydrogens is 288 g/mol. The highest BCUT2D eigenvalue weighted by Crippen LogP contribution is 2.34. The van der Waals surface area contributed by atoms with E-state index in [1.807, 2.05) is 0 Å². The zero-order valence-electron chi connectivity index (χ0n) is 11.8. The molecule has 0 aromatic heterocycles. The molecule has 0 amide bonds. The average molecular weight is 311 g/mol. The topological polar surface area (TPSA) is 6.48 Å². The van der Waals surface area contributed by atoms with Crippen molar-refractivity contribution in [1.29, 1.82) is 0 Å². The van der Waals surface area contributed by atoms with Crippen LogP contribution in [0, 0.1) is 6.92 Å². The molecule has 0 saturated carbocycles. The van der Waals surface area contributed by atoms with E-state index < -0.39 is 0 Å². The van der Waals surface area contributed by atoms with E-state index in [0.29, 0.717) is 5.92 Å². The Morgan fingerprint density at radius 1 is 1.11 bits per heavy atom. The van der Waals surface area contributed by atoms with E-state index in [0.717, 1.165) is 26.2 Å². The van der Waals surface area contributed by atoms with Crippen LogP contribution in [0.25, 0.3) is 0 Å². The number of rotatable bonds is 2.